The van der Waals surface area contributed by atoms with E-state index in [-0.39, 0.29) is 11.3 Å². The topological polar surface area (TPSA) is 35.5 Å². The Morgan fingerprint density at radius 2 is 1.87 bits per heavy atom. The first-order valence-electron chi connectivity index (χ1n) is 4.78. The molecule has 1 aliphatic heterocycles. The van der Waals surface area contributed by atoms with E-state index in [2.05, 4.69) is 0 Å². The van der Waals surface area contributed by atoms with Crippen LogP contribution in [0.2, 0.25) is 0 Å². The molecule has 80 valence electrons. The molecule has 1 aliphatic rings. The van der Waals surface area contributed by atoms with Crippen molar-refractivity contribution in [1.29, 1.82) is 0 Å². The number of fused-ring (bicyclic) bond motifs is 1. The van der Waals surface area contributed by atoms with E-state index in [1.54, 1.807) is 0 Å². The highest BCUT2D eigenvalue weighted by Crippen LogP contribution is 2.32. The van der Waals surface area contributed by atoms with Gasteiger partial charge in [-0.15, -0.1) is 0 Å². The van der Waals surface area contributed by atoms with Gasteiger partial charge in [-0.3, -0.25) is 4.79 Å². The zero-order valence-corrected chi connectivity index (χ0v) is 8.38. The lowest BCUT2D eigenvalue weighted by Gasteiger charge is -2.08. The van der Waals surface area contributed by atoms with Crippen LogP contribution in [0.3, 0.4) is 0 Å². The molecule has 1 heterocycles. The van der Waals surface area contributed by atoms with E-state index in [1.807, 2.05) is 0 Å². The van der Waals surface area contributed by atoms with E-state index in [9.17, 15) is 9.18 Å². The molecule has 0 fully saturated rings. The van der Waals surface area contributed by atoms with Gasteiger partial charge in [-0.25, -0.2) is 4.39 Å². The lowest BCUT2D eigenvalue weighted by atomic mass is 10.1. The van der Waals surface area contributed by atoms with Gasteiger partial charge >= 0.3 is 0 Å². The molecular formula is C11H11FO3. The van der Waals surface area contributed by atoms with Crippen LogP contribution in [0.1, 0.15) is 23.7 Å². The summed E-state index contributed by atoms with van der Waals surface area (Å²) in [6, 6.07) is 2.61. The predicted octanol–water partition coefficient (Wildman–Crippen LogP) is 2.19. The maximum Gasteiger partial charge on any atom is 0.164 e. The van der Waals surface area contributed by atoms with Crippen molar-refractivity contribution in [2.24, 2.45) is 0 Å². The van der Waals surface area contributed by atoms with Gasteiger partial charge in [0.1, 0.15) is 5.82 Å². The molecule has 0 unspecified atom stereocenters. The van der Waals surface area contributed by atoms with Crippen LogP contribution in [0.25, 0.3) is 0 Å². The highest BCUT2D eigenvalue weighted by molar-refractivity contribution is 5.95. The van der Waals surface area contributed by atoms with Gasteiger partial charge in [-0.2, -0.15) is 0 Å². The Labute approximate surface area is 86.8 Å². The molecule has 1 aromatic carbocycles. The monoisotopic (exact) mass is 210 g/mol. The summed E-state index contributed by atoms with van der Waals surface area (Å²) in [6.07, 6.45) is 0.756. The maximum absolute atomic E-state index is 13.4. The first kappa shape index (κ1) is 9.96. The molecule has 0 saturated carbocycles. The van der Waals surface area contributed by atoms with Crippen LogP contribution in [0, 0.1) is 5.82 Å². The lowest BCUT2D eigenvalue weighted by molar-refractivity contribution is 0.101. The molecule has 0 radical (unpaired) electrons. The first-order valence-corrected chi connectivity index (χ1v) is 4.78. The summed E-state index contributed by atoms with van der Waals surface area (Å²) in [5, 5.41) is 0. The second kappa shape index (κ2) is 3.88. The fourth-order valence-electron chi connectivity index (χ4n) is 1.45. The van der Waals surface area contributed by atoms with Gasteiger partial charge < -0.3 is 9.47 Å². The minimum absolute atomic E-state index is 0.0410. The summed E-state index contributed by atoms with van der Waals surface area (Å²) in [4.78, 5) is 11.1. The molecule has 4 heteroatoms. The number of Topliss-reactive ketones (excluding diaryl/α,β-unsaturated/α-hetero) is 1. The van der Waals surface area contributed by atoms with Crippen LogP contribution in [0.5, 0.6) is 11.5 Å². The Kier molecular flexibility index (Phi) is 2.58. The highest BCUT2D eigenvalue weighted by atomic mass is 19.1. The molecule has 2 rings (SSSR count). The van der Waals surface area contributed by atoms with Crippen LogP contribution in [-0.2, 0) is 0 Å². The number of rotatable bonds is 1. The first-order chi connectivity index (χ1) is 7.18. The highest BCUT2D eigenvalue weighted by Gasteiger charge is 2.16. The molecule has 3 nitrogen and oxygen atoms in total. The van der Waals surface area contributed by atoms with E-state index < -0.39 is 5.82 Å². The lowest BCUT2D eigenvalue weighted by Crippen LogP contribution is -2.00. The van der Waals surface area contributed by atoms with Gasteiger partial charge in [0, 0.05) is 12.5 Å². The van der Waals surface area contributed by atoms with Gasteiger partial charge in [-0.1, -0.05) is 0 Å². The third kappa shape index (κ3) is 1.93. The van der Waals surface area contributed by atoms with Crippen molar-refractivity contribution in [3.8, 4) is 11.5 Å². The van der Waals surface area contributed by atoms with Crippen molar-refractivity contribution >= 4 is 5.78 Å². The number of benzene rings is 1. The molecule has 0 spiro atoms. The minimum Gasteiger partial charge on any atom is -0.490 e. The van der Waals surface area contributed by atoms with Gasteiger partial charge in [0.25, 0.3) is 0 Å². The smallest absolute Gasteiger partial charge is 0.164 e. The van der Waals surface area contributed by atoms with Gasteiger partial charge in [-0.05, 0) is 13.0 Å². The minimum atomic E-state index is -0.563. The summed E-state index contributed by atoms with van der Waals surface area (Å²) in [6.45, 7) is 2.35. The number of halogens is 1. The molecular weight excluding hydrogens is 199 g/mol. The Hall–Kier alpha value is -1.58. The van der Waals surface area contributed by atoms with Crippen LogP contribution >= 0.6 is 0 Å². The standard InChI is InChI=1S/C11H11FO3/c1-7(13)8-5-10-11(6-9(8)12)15-4-2-3-14-10/h5-6H,2-4H2,1H3. The fourth-order valence-corrected chi connectivity index (χ4v) is 1.45. The Bertz CT molecular complexity index is 401. The average molecular weight is 210 g/mol. The molecule has 15 heavy (non-hydrogen) atoms. The van der Waals surface area contributed by atoms with E-state index in [0.29, 0.717) is 24.7 Å². The predicted molar refractivity (Wildman–Crippen MR) is 52.0 cm³/mol. The van der Waals surface area contributed by atoms with Crippen LogP contribution in [0.15, 0.2) is 12.1 Å². The van der Waals surface area contributed by atoms with Crippen molar-refractivity contribution in [2.45, 2.75) is 13.3 Å². The fraction of sp³-hybridized carbons (Fsp3) is 0.364. The second-order valence-electron chi connectivity index (χ2n) is 3.39. The van der Waals surface area contributed by atoms with E-state index in [4.69, 9.17) is 9.47 Å². The molecule has 0 amide bonds. The molecule has 0 bridgehead atoms. The third-order valence-electron chi connectivity index (χ3n) is 2.22. The molecule has 0 aromatic heterocycles. The van der Waals surface area contributed by atoms with Crippen molar-refractivity contribution in [2.75, 3.05) is 13.2 Å². The normalized spacial score (nSPS) is 14.5. The van der Waals surface area contributed by atoms with E-state index in [1.165, 1.54) is 19.1 Å². The number of carbonyl (C=O) groups excluding carboxylic acids is 1. The Balaban J connectivity index is 2.47. The third-order valence-corrected chi connectivity index (χ3v) is 2.22. The number of hydrogen-bond donors (Lipinski definition) is 0. The molecule has 0 N–H and O–H groups in total. The van der Waals surface area contributed by atoms with Crippen LogP contribution in [-0.4, -0.2) is 19.0 Å². The zero-order chi connectivity index (χ0) is 10.8. The average Bonchev–Trinajstić information content (AvgIpc) is 2.40. The van der Waals surface area contributed by atoms with Gasteiger partial charge in [0.2, 0.25) is 0 Å². The second-order valence-corrected chi connectivity index (χ2v) is 3.39. The Morgan fingerprint density at radius 3 is 2.47 bits per heavy atom. The van der Waals surface area contributed by atoms with Crippen molar-refractivity contribution in [1.82, 2.24) is 0 Å². The number of ketones is 1. The van der Waals surface area contributed by atoms with Gasteiger partial charge in [0.15, 0.2) is 17.3 Å². The molecule has 0 aliphatic carbocycles. The quantitative estimate of drug-likeness (QED) is 0.666. The summed E-state index contributed by atoms with van der Waals surface area (Å²) >= 11 is 0. The molecule has 0 atom stereocenters. The van der Waals surface area contributed by atoms with Crippen molar-refractivity contribution in [3.05, 3.63) is 23.5 Å². The van der Waals surface area contributed by atoms with Crippen LogP contribution in [0.4, 0.5) is 4.39 Å². The number of carbonyl (C=O) groups is 1. The Morgan fingerprint density at radius 1 is 1.27 bits per heavy atom. The summed E-state index contributed by atoms with van der Waals surface area (Å²) < 4.78 is 24.0. The van der Waals surface area contributed by atoms with Gasteiger partial charge in [0.05, 0.1) is 18.8 Å². The van der Waals surface area contributed by atoms with E-state index >= 15 is 0 Å². The van der Waals surface area contributed by atoms with E-state index in [0.717, 1.165) is 6.42 Å². The summed E-state index contributed by atoms with van der Waals surface area (Å²) in [5.74, 6) is -0.0657. The maximum atomic E-state index is 13.4. The number of hydrogen-bond acceptors (Lipinski definition) is 3. The zero-order valence-electron chi connectivity index (χ0n) is 8.38. The molecule has 1 aromatic rings. The SMILES string of the molecule is CC(=O)c1cc2c(cc1F)OCCCO2. The number of ether oxygens (including phenoxy) is 2. The van der Waals surface area contributed by atoms with Crippen molar-refractivity contribution < 1.29 is 18.7 Å². The summed E-state index contributed by atoms with van der Waals surface area (Å²) in [7, 11) is 0. The van der Waals surface area contributed by atoms with Crippen LogP contribution < -0.4 is 9.47 Å². The summed E-state index contributed by atoms with van der Waals surface area (Å²) in [5.41, 5.74) is 0.0410. The molecule has 0 saturated heterocycles. The largest absolute Gasteiger partial charge is 0.490 e. The van der Waals surface area contributed by atoms with Crippen molar-refractivity contribution in [3.63, 3.8) is 0 Å².